The number of sulfonamides is 1. The molecule has 142 valence electrons. The predicted molar refractivity (Wildman–Crippen MR) is 90.7 cm³/mol. The summed E-state index contributed by atoms with van der Waals surface area (Å²) in [7, 11) is -4.24. The third-order valence-electron chi connectivity index (χ3n) is 3.47. The number of para-hydroxylation sites is 2. The van der Waals surface area contributed by atoms with E-state index in [4.69, 9.17) is 0 Å². The maximum Gasteiger partial charge on any atom is 0.573 e. The van der Waals surface area contributed by atoms with Crippen LogP contribution in [0.5, 0.6) is 5.75 Å². The summed E-state index contributed by atoms with van der Waals surface area (Å²) in [6.45, 7) is -0.192. The van der Waals surface area contributed by atoms with Crippen molar-refractivity contribution < 1.29 is 26.3 Å². The van der Waals surface area contributed by atoms with Gasteiger partial charge in [-0.05, 0) is 30.3 Å². The molecule has 1 heterocycles. The molecule has 10 heteroatoms. The number of halogens is 3. The SMILES string of the molecule is O=S(=O)(NCc1ccn(-c2ccccc2)n1)c1ccccc1OC(F)(F)F. The van der Waals surface area contributed by atoms with Gasteiger partial charge in [-0.25, -0.2) is 17.8 Å². The molecule has 0 aliphatic rings. The van der Waals surface area contributed by atoms with E-state index >= 15 is 0 Å². The molecule has 0 fully saturated rings. The topological polar surface area (TPSA) is 73.2 Å². The Hall–Kier alpha value is -2.85. The van der Waals surface area contributed by atoms with E-state index in [0.29, 0.717) is 5.69 Å². The number of rotatable bonds is 6. The number of hydrogen-bond acceptors (Lipinski definition) is 4. The molecule has 0 saturated carbocycles. The van der Waals surface area contributed by atoms with Gasteiger partial charge < -0.3 is 4.74 Å². The molecule has 27 heavy (non-hydrogen) atoms. The van der Waals surface area contributed by atoms with Gasteiger partial charge in [0, 0.05) is 6.20 Å². The second kappa shape index (κ2) is 7.41. The van der Waals surface area contributed by atoms with E-state index in [9.17, 15) is 21.6 Å². The van der Waals surface area contributed by atoms with Crippen molar-refractivity contribution in [2.45, 2.75) is 17.8 Å². The average molecular weight is 397 g/mol. The number of nitrogens with zero attached hydrogens (tertiary/aromatic N) is 2. The monoisotopic (exact) mass is 397 g/mol. The Balaban J connectivity index is 1.76. The van der Waals surface area contributed by atoms with Crippen LogP contribution in [0.1, 0.15) is 5.69 Å². The molecule has 3 aromatic rings. The first-order valence-corrected chi connectivity index (χ1v) is 9.17. The van der Waals surface area contributed by atoms with Gasteiger partial charge in [0.1, 0.15) is 10.6 Å². The summed E-state index contributed by atoms with van der Waals surface area (Å²) < 4.78 is 69.8. The molecule has 0 aliphatic carbocycles. The minimum absolute atomic E-state index is 0.192. The molecule has 1 aromatic heterocycles. The average Bonchev–Trinajstić information content (AvgIpc) is 3.09. The first-order chi connectivity index (χ1) is 12.7. The zero-order valence-corrected chi connectivity index (χ0v) is 14.5. The van der Waals surface area contributed by atoms with Crippen molar-refractivity contribution in [3.05, 3.63) is 72.6 Å². The van der Waals surface area contributed by atoms with Crippen LogP contribution in [-0.4, -0.2) is 24.6 Å². The number of benzene rings is 2. The van der Waals surface area contributed by atoms with Gasteiger partial charge in [-0.1, -0.05) is 30.3 Å². The summed E-state index contributed by atoms with van der Waals surface area (Å²) in [6, 6.07) is 15.3. The van der Waals surface area contributed by atoms with Crippen LogP contribution in [0.2, 0.25) is 0 Å². The second-order valence-electron chi connectivity index (χ2n) is 5.41. The van der Waals surface area contributed by atoms with Crippen LogP contribution in [0, 0.1) is 0 Å². The number of alkyl halides is 3. The van der Waals surface area contributed by atoms with Crippen molar-refractivity contribution in [3.8, 4) is 11.4 Å². The molecular weight excluding hydrogens is 383 g/mol. The van der Waals surface area contributed by atoms with Crippen molar-refractivity contribution in [1.82, 2.24) is 14.5 Å². The lowest BCUT2D eigenvalue weighted by Gasteiger charge is -2.13. The molecule has 0 bridgehead atoms. The fourth-order valence-corrected chi connectivity index (χ4v) is 3.43. The van der Waals surface area contributed by atoms with Crippen molar-refractivity contribution >= 4 is 10.0 Å². The summed E-state index contributed by atoms with van der Waals surface area (Å²) >= 11 is 0. The highest BCUT2D eigenvalue weighted by atomic mass is 32.2. The predicted octanol–water partition coefficient (Wildman–Crippen LogP) is 3.25. The van der Waals surface area contributed by atoms with E-state index in [1.54, 1.807) is 16.9 Å². The van der Waals surface area contributed by atoms with Gasteiger partial charge in [0.15, 0.2) is 0 Å². The van der Waals surface area contributed by atoms with Crippen molar-refractivity contribution in [2.75, 3.05) is 0 Å². The van der Waals surface area contributed by atoms with Crippen molar-refractivity contribution in [1.29, 1.82) is 0 Å². The van der Waals surface area contributed by atoms with E-state index in [1.807, 2.05) is 30.3 Å². The third kappa shape index (κ3) is 4.86. The van der Waals surface area contributed by atoms with Crippen LogP contribution in [-0.2, 0) is 16.6 Å². The Morgan fingerprint density at radius 2 is 1.67 bits per heavy atom. The van der Waals surface area contributed by atoms with Gasteiger partial charge in [0.2, 0.25) is 10.0 Å². The summed E-state index contributed by atoms with van der Waals surface area (Å²) in [4.78, 5) is -0.607. The quantitative estimate of drug-likeness (QED) is 0.693. The number of hydrogen-bond donors (Lipinski definition) is 1. The summed E-state index contributed by atoms with van der Waals surface area (Å²) in [5.41, 5.74) is 1.19. The zero-order valence-electron chi connectivity index (χ0n) is 13.7. The van der Waals surface area contributed by atoms with Crippen LogP contribution in [0.3, 0.4) is 0 Å². The van der Waals surface area contributed by atoms with Gasteiger partial charge in [0.05, 0.1) is 17.9 Å². The molecule has 6 nitrogen and oxygen atoms in total. The normalized spacial score (nSPS) is 12.1. The molecule has 0 unspecified atom stereocenters. The largest absolute Gasteiger partial charge is 0.573 e. The molecule has 0 atom stereocenters. The maximum atomic E-state index is 12.5. The highest BCUT2D eigenvalue weighted by molar-refractivity contribution is 7.89. The molecule has 2 aromatic carbocycles. The second-order valence-corrected chi connectivity index (χ2v) is 7.14. The lowest BCUT2D eigenvalue weighted by Crippen LogP contribution is -2.26. The smallest absolute Gasteiger partial charge is 0.404 e. The minimum atomic E-state index is -5.00. The standard InChI is InChI=1S/C17H14F3N3O3S/c18-17(19,20)26-15-8-4-5-9-16(15)27(24,25)21-12-13-10-11-23(22-13)14-6-2-1-3-7-14/h1-11,21H,12H2. The molecule has 0 radical (unpaired) electrons. The first-order valence-electron chi connectivity index (χ1n) is 7.69. The molecule has 0 amide bonds. The highest BCUT2D eigenvalue weighted by Crippen LogP contribution is 2.29. The fraction of sp³-hybridized carbons (Fsp3) is 0.118. The van der Waals surface area contributed by atoms with Crippen LogP contribution in [0.15, 0.2) is 71.8 Å². The Morgan fingerprint density at radius 3 is 2.37 bits per heavy atom. The van der Waals surface area contributed by atoms with E-state index in [0.717, 1.165) is 17.8 Å². The summed E-state index contributed by atoms with van der Waals surface area (Å²) in [5.74, 6) is -0.799. The fourth-order valence-electron chi connectivity index (χ4n) is 2.31. The van der Waals surface area contributed by atoms with E-state index < -0.39 is 27.0 Å². The first kappa shape index (κ1) is 18.9. The molecule has 1 N–H and O–H groups in total. The van der Waals surface area contributed by atoms with Gasteiger partial charge in [-0.2, -0.15) is 5.10 Å². The van der Waals surface area contributed by atoms with Crippen LogP contribution in [0.25, 0.3) is 5.69 Å². The molecule has 3 rings (SSSR count). The Labute approximate surface area is 153 Å². The van der Waals surface area contributed by atoms with Gasteiger partial charge in [-0.3, -0.25) is 0 Å². The molecule has 0 saturated heterocycles. The van der Waals surface area contributed by atoms with Gasteiger partial charge >= 0.3 is 6.36 Å². The van der Waals surface area contributed by atoms with Gasteiger partial charge in [0.25, 0.3) is 0 Å². The lowest BCUT2D eigenvalue weighted by atomic mass is 10.3. The Morgan fingerprint density at radius 1 is 1.00 bits per heavy atom. The maximum absolute atomic E-state index is 12.5. The highest BCUT2D eigenvalue weighted by Gasteiger charge is 2.33. The third-order valence-corrected chi connectivity index (χ3v) is 4.91. The van der Waals surface area contributed by atoms with Crippen LogP contribution < -0.4 is 9.46 Å². The summed E-state index contributed by atoms with van der Waals surface area (Å²) in [6.07, 6.45) is -3.35. The number of nitrogens with one attached hydrogen (secondary N) is 1. The number of ether oxygens (including phenoxy) is 1. The zero-order chi connectivity index (χ0) is 19.5. The van der Waals surface area contributed by atoms with E-state index in [2.05, 4.69) is 14.6 Å². The molecule has 0 aliphatic heterocycles. The molecule has 0 spiro atoms. The lowest BCUT2D eigenvalue weighted by molar-refractivity contribution is -0.275. The van der Waals surface area contributed by atoms with Crippen molar-refractivity contribution in [2.24, 2.45) is 0 Å². The van der Waals surface area contributed by atoms with E-state index in [-0.39, 0.29) is 6.54 Å². The van der Waals surface area contributed by atoms with E-state index in [1.165, 1.54) is 12.1 Å². The minimum Gasteiger partial charge on any atom is -0.404 e. The van der Waals surface area contributed by atoms with Crippen molar-refractivity contribution in [3.63, 3.8) is 0 Å². The summed E-state index contributed by atoms with van der Waals surface area (Å²) in [5, 5.41) is 4.24. The van der Waals surface area contributed by atoms with Gasteiger partial charge in [-0.15, -0.1) is 13.2 Å². The molecular formula is C17H14F3N3O3S. The van der Waals surface area contributed by atoms with Crippen LogP contribution in [0.4, 0.5) is 13.2 Å². The Kier molecular flexibility index (Phi) is 5.19. The van der Waals surface area contributed by atoms with Crippen LogP contribution >= 0.6 is 0 Å². The Bertz CT molecular complexity index is 1020. The number of aromatic nitrogens is 2.